The van der Waals surface area contributed by atoms with Crippen LogP contribution in [0.2, 0.25) is 0 Å². The van der Waals surface area contributed by atoms with Gasteiger partial charge in [-0.25, -0.2) is 14.0 Å². The normalized spacial score (nSPS) is 13.8. The Morgan fingerprint density at radius 1 is 1.33 bits per heavy atom. The number of aliphatic hydroxyl groups is 2. The molecule has 0 saturated heterocycles. The lowest BCUT2D eigenvalue weighted by Crippen LogP contribution is -2.29. The highest BCUT2D eigenvalue weighted by Gasteiger charge is 2.29. The zero-order valence-electron chi connectivity index (χ0n) is 9.33. The molecule has 18 heavy (non-hydrogen) atoms. The van der Waals surface area contributed by atoms with Gasteiger partial charge >= 0.3 is 11.9 Å². The van der Waals surface area contributed by atoms with E-state index >= 15 is 0 Å². The number of aromatic carboxylic acids is 1. The van der Waals surface area contributed by atoms with E-state index in [1.165, 1.54) is 0 Å². The van der Waals surface area contributed by atoms with Crippen molar-refractivity contribution in [3.63, 3.8) is 0 Å². The number of methoxy groups -OCH3 is 1. The Morgan fingerprint density at radius 3 is 2.44 bits per heavy atom. The van der Waals surface area contributed by atoms with Crippen molar-refractivity contribution in [1.82, 2.24) is 0 Å². The molecular formula is C11H11FO6. The van der Waals surface area contributed by atoms with Crippen LogP contribution in [0.25, 0.3) is 0 Å². The van der Waals surface area contributed by atoms with E-state index in [2.05, 4.69) is 4.74 Å². The summed E-state index contributed by atoms with van der Waals surface area (Å²) < 4.78 is 17.6. The summed E-state index contributed by atoms with van der Waals surface area (Å²) in [6, 6.07) is 2.67. The number of carboxylic acid groups (broad SMARTS) is 1. The van der Waals surface area contributed by atoms with E-state index in [-0.39, 0.29) is 5.56 Å². The molecule has 6 nitrogen and oxygen atoms in total. The second-order valence-electron chi connectivity index (χ2n) is 3.45. The summed E-state index contributed by atoms with van der Waals surface area (Å²) in [6.45, 7) is 0. The molecule has 1 rings (SSSR count). The third kappa shape index (κ3) is 2.82. The molecule has 0 heterocycles. The van der Waals surface area contributed by atoms with Gasteiger partial charge in [-0.3, -0.25) is 0 Å². The summed E-state index contributed by atoms with van der Waals surface area (Å²) in [5.41, 5.74) is -0.768. The molecule has 7 heteroatoms. The molecule has 0 bridgehead atoms. The Bertz CT molecular complexity index is 473. The van der Waals surface area contributed by atoms with Gasteiger partial charge in [0.25, 0.3) is 0 Å². The van der Waals surface area contributed by atoms with Crippen molar-refractivity contribution < 1.29 is 34.0 Å². The standard InChI is InChI=1S/C11H11FO6/c1-18-11(17)9(14)8(13)6-4-5(10(15)16)2-3-7(6)12/h2-4,8-9,13-14H,1H3,(H,15,16). The van der Waals surface area contributed by atoms with Crippen LogP contribution in [0.1, 0.15) is 22.0 Å². The summed E-state index contributed by atoms with van der Waals surface area (Å²) in [5, 5.41) is 27.7. The number of carboxylic acids is 1. The third-order valence-corrected chi connectivity index (χ3v) is 2.30. The van der Waals surface area contributed by atoms with Gasteiger partial charge in [-0.2, -0.15) is 0 Å². The van der Waals surface area contributed by atoms with E-state index in [4.69, 9.17) is 5.11 Å². The number of rotatable bonds is 4. The van der Waals surface area contributed by atoms with Crippen LogP contribution in [-0.2, 0) is 9.53 Å². The predicted molar refractivity (Wildman–Crippen MR) is 56.3 cm³/mol. The highest BCUT2D eigenvalue weighted by molar-refractivity contribution is 5.87. The lowest BCUT2D eigenvalue weighted by Gasteiger charge is -2.16. The molecule has 0 saturated carbocycles. The molecule has 0 aromatic heterocycles. The summed E-state index contributed by atoms with van der Waals surface area (Å²) in [6.07, 6.45) is -3.90. The van der Waals surface area contributed by atoms with Crippen molar-refractivity contribution >= 4 is 11.9 Å². The van der Waals surface area contributed by atoms with E-state index in [1.807, 2.05) is 0 Å². The van der Waals surface area contributed by atoms with Gasteiger partial charge in [-0.05, 0) is 18.2 Å². The van der Waals surface area contributed by atoms with E-state index in [9.17, 15) is 24.2 Å². The predicted octanol–water partition coefficient (Wildman–Crippen LogP) is 0.0912. The Labute approximate surface area is 101 Å². The fourth-order valence-electron chi connectivity index (χ4n) is 1.32. The van der Waals surface area contributed by atoms with E-state index in [0.717, 1.165) is 25.3 Å². The highest BCUT2D eigenvalue weighted by atomic mass is 19.1. The molecule has 1 aromatic carbocycles. The van der Waals surface area contributed by atoms with Gasteiger partial charge in [0.05, 0.1) is 12.7 Å². The first kappa shape index (κ1) is 14.1. The lowest BCUT2D eigenvalue weighted by molar-refractivity contribution is -0.156. The molecule has 98 valence electrons. The number of ether oxygens (including phenoxy) is 1. The van der Waals surface area contributed by atoms with E-state index in [1.54, 1.807) is 0 Å². The third-order valence-electron chi connectivity index (χ3n) is 2.30. The van der Waals surface area contributed by atoms with Crippen molar-refractivity contribution in [3.8, 4) is 0 Å². The first-order chi connectivity index (χ1) is 8.38. The van der Waals surface area contributed by atoms with Crippen LogP contribution in [0, 0.1) is 5.82 Å². The van der Waals surface area contributed by atoms with Gasteiger partial charge in [0, 0.05) is 5.56 Å². The fraction of sp³-hybridized carbons (Fsp3) is 0.273. The number of hydrogen-bond acceptors (Lipinski definition) is 5. The summed E-state index contributed by atoms with van der Waals surface area (Å²) in [7, 11) is 0.988. The lowest BCUT2D eigenvalue weighted by atomic mass is 10.0. The van der Waals surface area contributed by atoms with Gasteiger partial charge < -0.3 is 20.1 Å². The maximum atomic E-state index is 13.4. The summed E-state index contributed by atoms with van der Waals surface area (Å²) in [5.74, 6) is -3.41. The second-order valence-corrected chi connectivity index (χ2v) is 3.45. The molecule has 0 aliphatic rings. The number of halogens is 1. The van der Waals surface area contributed by atoms with Crippen LogP contribution in [-0.4, -0.2) is 40.5 Å². The molecule has 0 fully saturated rings. The molecule has 1 aromatic rings. The number of aliphatic hydroxyl groups excluding tert-OH is 2. The van der Waals surface area contributed by atoms with Gasteiger partial charge in [0.15, 0.2) is 6.10 Å². The van der Waals surface area contributed by atoms with Crippen molar-refractivity contribution in [2.24, 2.45) is 0 Å². The highest BCUT2D eigenvalue weighted by Crippen LogP contribution is 2.22. The van der Waals surface area contributed by atoms with Crippen molar-refractivity contribution in [2.75, 3.05) is 7.11 Å². The Balaban J connectivity index is 3.11. The maximum absolute atomic E-state index is 13.4. The van der Waals surface area contributed by atoms with Gasteiger partial charge in [-0.1, -0.05) is 0 Å². The summed E-state index contributed by atoms with van der Waals surface area (Å²) in [4.78, 5) is 21.7. The average molecular weight is 258 g/mol. The minimum atomic E-state index is -1.99. The minimum Gasteiger partial charge on any atom is -0.478 e. The number of carbonyl (C=O) groups excluding carboxylic acids is 1. The Kier molecular flexibility index (Phi) is 4.35. The smallest absolute Gasteiger partial charge is 0.337 e. The second kappa shape index (κ2) is 5.56. The molecule has 0 spiro atoms. The fourth-order valence-corrected chi connectivity index (χ4v) is 1.32. The number of carbonyl (C=O) groups is 2. The first-order valence-corrected chi connectivity index (χ1v) is 4.85. The van der Waals surface area contributed by atoms with E-state index in [0.29, 0.717) is 0 Å². The number of hydrogen-bond donors (Lipinski definition) is 3. The average Bonchev–Trinajstić information content (AvgIpc) is 2.36. The van der Waals surface area contributed by atoms with E-state index < -0.39 is 35.5 Å². The van der Waals surface area contributed by atoms with Crippen LogP contribution < -0.4 is 0 Å². The van der Waals surface area contributed by atoms with Crippen LogP contribution >= 0.6 is 0 Å². The number of benzene rings is 1. The molecule has 0 amide bonds. The van der Waals surface area contributed by atoms with Gasteiger partial charge in [0.2, 0.25) is 0 Å². The minimum absolute atomic E-state index is 0.275. The van der Waals surface area contributed by atoms with Gasteiger partial charge in [-0.15, -0.1) is 0 Å². The van der Waals surface area contributed by atoms with Crippen LogP contribution in [0.3, 0.4) is 0 Å². The molecule has 0 aliphatic heterocycles. The summed E-state index contributed by atoms with van der Waals surface area (Å²) >= 11 is 0. The molecule has 0 aliphatic carbocycles. The van der Waals surface area contributed by atoms with Crippen LogP contribution in [0.4, 0.5) is 4.39 Å². The SMILES string of the molecule is COC(=O)C(O)C(O)c1cc(C(=O)O)ccc1F. The molecule has 2 atom stereocenters. The first-order valence-electron chi connectivity index (χ1n) is 4.85. The van der Waals surface area contributed by atoms with Crippen LogP contribution in [0.5, 0.6) is 0 Å². The molecule has 2 unspecified atom stereocenters. The topological polar surface area (TPSA) is 104 Å². The zero-order chi connectivity index (χ0) is 13.9. The molecule has 3 N–H and O–H groups in total. The largest absolute Gasteiger partial charge is 0.478 e. The Hall–Kier alpha value is -1.99. The Morgan fingerprint density at radius 2 is 1.94 bits per heavy atom. The van der Waals surface area contributed by atoms with Crippen molar-refractivity contribution in [1.29, 1.82) is 0 Å². The van der Waals surface area contributed by atoms with Crippen molar-refractivity contribution in [3.05, 3.63) is 35.1 Å². The number of esters is 1. The van der Waals surface area contributed by atoms with Crippen LogP contribution in [0.15, 0.2) is 18.2 Å². The van der Waals surface area contributed by atoms with Crippen molar-refractivity contribution in [2.45, 2.75) is 12.2 Å². The molecular weight excluding hydrogens is 247 g/mol. The molecule has 0 radical (unpaired) electrons. The zero-order valence-corrected chi connectivity index (χ0v) is 9.33. The quantitative estimate of drug-likeness (QED) is 0.661. The monoisotopic (exact) mass is 258 g/mol. The maximum Gasteiger partial charge on any atom is 0.337 e. The van der Waals surface area contributed by atoms with Gasteiger partial charge in [0.1, 0.15) is 11.9 Å².